The first kappa shape index (κ1) is 24.3. The lowest BCUT2D eigenvalue weighted by atomic mass is 10.0. The number of alkyl halides is 3. The Bertz CT molecular complexity index is 1080. The molecule has 0 bridgehead atoms. The van der Waals surface area contributed by atoms with Crippen LogP contribution in [0.1, 0.15) is 23.2 Å². The van der Waals surface area contributed by atoms with Crippen molar-refractivity contribution < 1.29 is 22.4 Å². The Labute approximate surface area is 189 Å². The standard InChI is InChI=1S/C22H24F4N6O/c1-13-11-15(22(24,25)26)14(12-27)20(29-13)30-17-7-9-32(10-8-28-2)19-16(23)5-4-6-18(19)31(3)21(17)33/h4-6,11,17,28H,7-10H2,1-3H3,(H,29,30)/t17-/m0/s1. The van der Waals surface area contributed by atoms with Crippen LogP contribution in [0.2, 0.25) is 0 Å². The van der Waals surface area contributed by atoms with Gasteiger partial charge in [-0.2, -0.15) is 18.4 Å². The number of fused-ring (bicyclic) bond motifs is 1. The number of carbonyl (C=O) groups excluding carboxylic acids is 1. The molecule has 7 nitrogen and oxygen atoms in total. The van der Waals surface area contributed by atoms with E-state index in [9.17, 15) is 27.6 Å². The van der Waals surface area contributed by atoms with Gasteiger partial charge in [0.25, 0.3) is 0 Å². The smallest absolute Gasteiger partial charge is 0.366 e. The molecule has 0 fully saturated rings. The third-order valence-electron chi connectivity index (χ3n) is 5.47. The Morgan fingerprint density at radius 3 is 2.70 bits per heavy atom. The summed E-state index contributed by atoms with van der Waals surface area (Å²) in [5, 5.41) is 15.2. The van der Waals surface area contributed by atoms with Crippen LogP contribution in [0, 0.1) is 24.1 Å². The van der Waals surface area contributed by atoms with E-state index in [1.807, 2.05) is 0 Å². The van der Waals surface area contributed by atoms with Crippen LogP contribution in [0.15, 0.2) is 24.3 Å². The minimum absolute atomic E-state index is 0.0542. The first-order valence-corrected chi connectivity index (χ1v) is 10.3. The van der Waals surface area contributed by atoms with Gasteiger partial charge in [-0.25, -0.2) is 9.37 Å². The van der Waals surface area contributed by atoms with Gasteiger partial charge in [0.05, 0.1) is 16.9 Å². The number of likely N-dealkylation sites (N-methyl/N-ethyl adjacent to an activating group) is 2. The first-order valence-electron chi connectivity index (χ1n) is 10.3. The summed E-state index contributed by atoms with van der Waals surface area (Å²) >= 11 is 0. The Balaban J connectivity index is 2.03. The SMILES string of the molecule is CNCCN1CC[C@H](Nc2nc(C)cc(C(F)(F)F)c2C#N)C(=O)N(C)c2cccc(F)c21. The van der Waals surface area contributed by atoms with Gasteiger partial charge in [0.2, 0.25) is 5.91 Å². The van der Waals surface area contributed by atoms with E-state index in [1.54, 1.807) is 24.1 Å². The Morgan fingerprint density at radius 1 is 1.33 bits per heavy atom. The van der Waals surface area contributed by atoms with E-state index in [2.05, 4.69) is 15.6 Å². The van der Waals surface area contributed by atoms with Crippen molar-refractivity contribution in [1.29, 1.82) is 5.26 Å². The number of nitriles is 1. The highest BCUT2D eigenvalue weighted by molar-refractivity contribution is 6.01. The van der Waals surface area contributed by atoms with Crippen molar-refractivity contribution in [2.45, 2.75) is 25.6 Å². The van der Waals surface area contributed by atoms with E-state index in [1.165, 1.54) is 31.0 Å². The number of pyridine rings is 1. The maximum atomic E-state index is 14.7. The molecule has 1 aliphatic rings. The number of halogens is 4. The molecule has 1 atom stereocenters. The van der Waals surface area contributed by atoms with E-state index < -0.39 is 35.1 Å². The minimum Gasteiger partial charge on any atom is -0.366 e. The van der Waals surface area contributed by atoms with Gasteiger partial charge in [-0.1, -0.05) is 6.07 Å². The summed E-state index contributed by atoms with van der Waals surface area (Å²) in [6, 6.07) is 5.80. The van der Waals surface area contributed by atoms with E-state index in [0.717, 1.165) is 6.07 Å². The van der Waals surface area contributed by atoms with Crippen LogP contribution in [0.25, 0.3) is 0 Å². The number of carbonyl (C=O) groups is 1. The fourth-order valence-corrected chi connectivity index (χ4v) is 3.84. The molecule has 2 aromatic rings. The van der Waals surface area contributed by atoms with Crippen molar-refractivity contribution in [3.8, 4) is 6.07 Å². The third-order valence-corrected chi connectivity index (χ3v) is 5.47. The van der Waals surface area contributed by atoms with Crippen LogP contribution in [-0.4, -0.2) is 50.7 Å². The van der Waals surface area contributed by atoms with Crippen molar-refractivity contribution >= 4 is 23.1 Å². The van der Waals surface area contributed by atoms with E-state index in [-0.39, 0.29) is 30.2 Å². The van der Waals surface area contributed by atoms with Gasteiger partial charge in [0.15, 0.2) is 0 Å². The van der Waals surface area contributed by atoms with E-state index in [0.29, 0.717) is 18.8 Å². The molecule has 176 valence electrons. The van der Waals surface area contributed by atoms with Gasteiger partial charge < -0.3 is 20.4 Å². The number of nitrogens with zero attached hydrogens (tertiary/aromatic N) is 4. The second-order valence-corrected chi connectivity index (χ2v) is 7.73. The molecule has 0 saturated heterocycles. The summed E-state index contributed by atoms with van der Waals surface area (Å²) < 4.78 is 55.2. The molecule has 1 aromatic carbocycles. The maximum Gasteiger partial charge on any atom is 0.417 e. The van der Waals surface area contributed by atoms with E-state index in [4.69, 9.17) is 0 Å². The molecule has 0 aliphatic carbocycles. The fourth-order valence-electron chi connectivity index (χ4n) is 3.84. The molecule has 1 aromatic heterocycles. The fraction of sp³-hybridized carbons (Fsp3) is 0.409. The molecular formula is C22H24F4N6O. The lowest BCUT2D eigenvalue weighted by Gasteiger charge is -2.36. The van der Waals surface area contributed by atoms with Gasteiger partial charge in [-0.05, 0) is 38.6 Å². The number of para-hydroxylation sites is 1. The third kappa shape index (κ3) is 5.01. The van der Waals surface area contributed by atoms with Crippen LogP contribution >= 0.6 is 0 Å². The predicted octanol–water partition coefficient (Wildman–Crippen LogP) is 3.29. The van der Waals surface area contributed by atoms with Crippen molar-refractivity contribution in [2.24, 2.45) is 0 Å². The lowest BCUT2D eigenvalue weighted by Crippen LogP contribution is -2.47. The molecule has 0 unspecified atom stereocenters. The largest absolute Gasteiger partial charge is 0.417 e. The Kier molecular flexibility index (Phi) is 7.07. The number of hydrogen-bond donors (Lipinski definition) is 2. The second kappa shape index (κ2) is 9.62. The highest BCUT2D eigenvalue weighted by Gasteiger charge is 2.37. The molecule has 11 heteroatoms. The van der Waals surface area contributed by atoms with Gasteiger partial charge in [-0.3, -0.25) is 4.79 Å². The number of aryl methyl sites for hydroxylation is 1. The average molecular weight is 464 g/mol. The van der Waals surface area contributed by atoms with Gasteiger partial charge in [0.1, 0.15) is 29.3 Å². The number of hydrogen-bond acceptors (Lipinski definition) is 6. The number of benzene rings is 1. The second-order valence-electron chi connectivity index (χ2n) is 7.73. The van der Waals surface area contributed by atoms with Crippen LogP contribution in [0.4, 0.5) is 34.8 Å². The molecule has 33 heavy (non-hydrogen) atoms. The van der Waals surface area contributed by atoms with Crippen LogP contribution in [0.3, 0.4) is 0 Å². The Hall–Kier alpha value is -3.39. The number of amides is 1. The highest BCUT2D eigenvalue weighted by Crippen LogP contribution is 2.36. The molecular weight excluding hydrogens is 440 g/mol. The number of rotatable bonds is 5. The van der Waals surface area contributed by atoms with Gasteiger partial charge in [0, 0.05) is 32.4 Å². The molecule has 2 heterocycles. The van der Waals surface area contributed by atoms with Crippen molar-refractivity contribution in [2.75, 3.05) is 48.8 Å². The van der Waals surface area contributed by atoms with Crippen LogP contribution in [0.5, 0.6) is 0 Å². The predicted molar refractivity (Wildman–Crippen MR) is 117 cm³/mol. The number of nitrogens with one attached hydrogen (secondary N) is 2. The molecule has 1 amide bonds. The van der Waals surface area contributed by atoms with Crippen LogP contribution in [-0.2, 0) is 11.0 Å². The minimum atomic E-state index is -4.75. The summed E-state index contributed by atoms with van der Waals surface area (Å²) in [6.45, 7) is 2.64. The summed E-state index contributed by atoms with van der Waals surface area (Å²) in [6.07, 6.45) is -4.60. The number of aromatic nitrogens is 1. The molecule has 1 aliphatic heterocycles. The maximum absolute atomic E-state index is 14.7. The number of anilines is 3. The lowest BCUT2D eigenvalue weighted by molar-refractivity contribution is -0.137. The monoisotopic (exact) mass is 464 g/mol. The topological polar surface area (TPSA) is 84.3 Å². The summed E-state index contributed by atoms with van der Waals surface area (Å²) in [5.41, 5.74) is -1.11. The average Bonchev–Trinajstić information content (AvgIpc) is 2.76. The van der Waals surface area contributed by atoms with E-state index >= 15 is 0 Å². The first-order chi connectivity index (χ1) is 15.6. The summed E-state index contributed by atoms with van der Waals surface area (Å²) in [4.78, 5) is 20.4. The molecule has 0 saturated carbocycles. The highest BCUT2D eigenvalue weighted by atomic mass is 19.4. The molecule has 3 rings (SSSR count). The van der Waals surface area contributed by atoms with Crippen LogP contribution < -0.4 is 20.4 Å². The van der Waals surface area contributed by atoms with Crippen molar-refractivity contribution in [3.05, 3.63) is 46.9 Å². The van der Waals surface area contributed by atoms with Gasteiger partial charge >= 0.3 is 6.18 Å². The summed E-state index contributed by atoms with van der Waals surface area (Å²) in [5.74, 6) is -1.26. The zero-order chi connectivity index (χ0) is 24.3. The summed E-state index contributed by atoms with van der Waals surface area (Å²) in [7, 11) is 3.24. The van der Waals surface area contributed by atoms with Gasteiger partial charge in [-0.15, -0.1) is 0 Å². The molecule has 2 N–H and O–H groups in total. The van der Waals surface area contributed by atoms with Crippen molar-refractivity contribution in [3.63, 3.8) is 0 Å². The molecule has 0 radical (unpaired) electrons. The van der Waals surface area contributed by atoms with Crippen molar-refractivity contribution in [1.82, 2.24) is 10.3 Å². The zero-order valence-corrected chi connectivity index (χ0v) is 18.4. The zero-order valence-electron chi connectivity index (χ0n) is 18.4. The Morgan fingerprint density at radius 2 is 2.06 bits per heavy atom. The normalized spacial score (nSPS) is 16.7. The molecule has 0 spiro atoms. The quantitative estimate of drug-likeness (QED) is 0.661.